The minimum Gasteiger partial charge on any atom is -0.468 e. The smallest absolute Gasteiger partial charge is 0.325 e. The lowest BCUT2D eigenvalue weighted by molar-refractivity contribution is -0.141. The molecule has 0 fully saturated rings. The number of rotatable bonds is 3. The molecule has 2 rings (SSSR count). The molecule has 1 atom stereocenters. The minimum atomic E-state index is -0.415. The van der Waals surface area contributed by atoms with Crippen LogP contribution in [0.5, 0.6) is 0 Å². The van der Waals surface area contributed by atoms with E-state index in [4.69, 9.17) is 22.7 Å². The maximum Gasteiger partial charge on any atom is 0.325 e. The predicted octanol–water partition coefficient (Wildman–Crippen LogP) is 0.754. The average molecular weight is 321 g/mol. The maximum absolute atomic E-state index is 12.3. The molecule has 1 aliphatic heterocycles. The summed E-state index contributed by atoms with van der Waals surface area (Å²) in [5.41, 5.74) is 9.14. The molecule has 6 nitrogen and oxygen atoms in total. The van der Waals surface area contributed by atoms with Gasteiger partial charge in [-0.1, -0.05) is 17.2 Å². The molecule has 0 saturated carbocycles. The summed E-state index contributed by atoms with van der Waals surface area (Å²) in [5.74, 6) is -0.818. The van der Waals surface area contributed by atoms with Crippen LogP contribution in [0.3, 0.4) is 0 Å². The highest BCUT2D eigenvalue weighted by Crippen LogP contribution is 2.36. The minimum absolute atomic E-state index is 0.00141. The maximum atomic E-state index is 12.3. The van der Waals surface area contributed by atoms with E-state index >= 15 is 0 Å². The summed E-state index contributed by atoms with van der Waals surface area (Å²) in [4.78, 5) is 25.7. The molecule has 0 aromatic heterocycles. The monoisotopic (exact) mass is 321 g/mol. The van der Waals surface area contributed by atoms with Gasteiger partial charge in [-0.15, -0.1) is 0 Å². The Bertz CT molecular complexity index is 634. The van der Waals surface area contributed by atoms with Crippen molar-refractivity contribution >= 4 is 29.2 Å². The Labute approximate surface area is 134 Å². The van der Waals surface area contributed by atoms with Gasteiger partial charge in [-0.05, 0) is 44.1 Å². The molecule has 0 spiro atoms. The highest BCUT2D eigenvalue weighted by Gasteiger charge is 2.36. The molecule has 118 valence electrons. The lowest BCUT2D eigenvalue weighted by Gasteiger charge is -2.31. The molecule has 0 aromatic carbocycles. The second-order valence-corrected chi connectivity index (χ2v) is 5.82. The number of fused-ring (bicyclic) bond motifs is 1. The van der Waals surface area contributed by atoms with Gasteiger partial charge in [0.25, 0.3) is 5.91 Å². The van der Waals surface area contributed by atoms with E-state index in [9.17, 15) is 9.59 Å². The number of ether oxygens (including phenoxy) is 1. The fraction of sp³-hybridized carbons (Fsp3) is 0.400. The average Bonchev–Trinajstić information content (AvgIpc) is 2.77. The van der Waals surface area contributed by atoms with Crippen LogP contribution in [0.25, 0.3) is 0 Å². The Balaban J connectivity index is 2.34. The van der Waals surface area contributed by atoms with Gasteiger partial charge in [0.15, 0.2) is 5.11 Å². The van der Waals surface area contributed by atoms with Crippen molar-refractivity contribution in [2.24, 2.45) is 5.73 Å². The fourth-order valence-corrected chi connectivity index (χ4v) is 2.74. The Morgan fingerprint density at radius 2 is 2.14 bits per heavy atom. The topological polar surface area (TPSA) is 84.7 Å². The van der Waals surface area contributed by atoms with E-state index in [1.165, 1.54) is 18.3 Å². The van der Waals surface area contributed by atoms with Gasteiger partial charge in [0, 0.05) is 0 Å². The summed E-state index contributed by atoms with van der Waals surface area (Å²) in [5, 5.41) is 2.31. The van der Waals surface area contributed by atoms with Crippen molar-refractivity contribution in [1.82, 2.24) is 10.2 Å². The zero-order valence-electron chi connectivity index (χ0n) is 12.8. The predicted molar refractivity (Wildman–Crippen MR) is 86.6 cm³/mol. The molecular formula is C15H19N3O3S. The summed E-state index contributed by atoms with van der Waals surface area (Å²) in [6.07, 6.45) is 4.57. The first-order valence-corrected chi connectivity index (χ1v) is 7.28. The molecule has 7 heteroatoms. The second kappa shape index (κ2) is 6.31. The number of hydrogen-bond donors (Lipinski definition) is 2. The summed E-state index contributed by atoms with van der Waals surface area (Å²) in [6.45, 7) is 4.08. The largest absolute Gasteiger partial charge is 0.468 e. The molecular weight excluding hydrogens is 302 g/mol. The summed E-state index contributed by atoms with van der Waals surface area (Å²) < 4.78 is 4.73. The summed E-state index contributed by atoms with van der Waals surface area (Å²) in [6, 6.07) is -0.0464. The number of methoxy groups -OCH3 is 1. The first-order chi connectivity index (χ1) is 10.3. The lowest BCUT2D eigenvalue weighted by atomic mass is 9.90. The molecule has 0 bridgehead atoms. The third-order valence-electron chi connectivity index (χ3n) is 3.93. The molecule has 0 radical (unpaired) electrons. The van der Waals surface area contributed by atoms with Crippen LogP contribution in [-0.4, -0.2) is 41.6 Å². The number of nitrogens with one attached hydrogen (secondary N) is 1. The summed E-state index contributed by atoms with van der Waals surface area (Å²) >= 11 is 4.71. The van der Waals surface area contributed by atoms with Crippen molar-refractivity contribution in [3.05, 3.63) is 34.6 Å². The number of nitrogens with two attached hydrogens (primary N) is 1. The van der Waals surface area contributed by atoms with Gasteiger partial charge >= 0.3 is 5.97 Å². The Morgan fingerprint density at radius 3 is 2.73 bits per heavy atom. The molecule has 22 heavy (non-hydrogen) atoms. The number of thiocarbonyl (C=S) groups is 1. The van der Waals surface area contributed by atoms with Crippen molar-refractivity contribution in [2.75, 3.05) is 13.7 Å². The Kier molecular flexibility index (Phi) is 4.65. The number of amides is 1. The van der Waals surface area contributed by atoms with Crippen molar-refractivity contribution in [3.63, 3.8) is 0 Å². The van der Waals surface area contributed by atoms with Gasteiger partial charge in [0.2, 0.25) is 0 Å². The summed E-state index contributed by atoms with van der Waals surface area (Å²) in [7, 11) is 1.32. The molecule has 1 aliphatic carbocycles. The van der Waals surface area contributed by atoms with E-state index in [2.05, 4.69) is 5.32 Å². The van der Waals surface area contributed by atoms with E-state index in [1.54, 1.807) is 11.0 Å². The van der Waals surface area contributed by atoms with Gasteiger partial charge in [-0.2, -0.15) is 0 Å². The molecule has 3 N–H and O–H groups in total. The van der Waals surface area contributed by atoms with Crippen LogP contribution in [0.1, 0.15) is 20.3 Å². The number of allylic oxidation sites excluding steroid dienone is 2. The van der Waals surface area contributed by atoms with E-state index in [0.717, 1.165) is 12.0 Å². The fourth-order valence-electron chi connectivity index (χ4n) is 2.65. The van der Waals surface area contributed by atoms with Crippen LogP contribution in [-0.2, 0) is 14.3 Å². The third kappa shape index (κ3) is 3.19. The van der Waals surface area contributed by atoms with Crippen LogP contribution >= 0.6 is 12.2 Å². The number of carbonyl (C=O) groups excluding carboxylic acids is 2. The first-order valence-electron chi connectivity index (χ1n) is 6.87. The van der Waals surface area contributed by atoms with E-state index in [0.29, 0.717) is 5.70 Å². The zero-order chi connectivity index (χ0) is 16.4. The molecule has 1 unspecified atom stereocenters. The zero-order valence-corrected chi connectivity index (χ0v) is 13.6. The van der Waals surface area contributed by atoms with Gasteiger partial charge in [-0.25, -0.2) is 0 Å². The third-order valence-corrected chi connectivity index (χ3v) is 4.03. The highest BCUT2D eigenvalue weighted by molar-refractivity contribution is 7.80. The standard InChI is InChI=1S/C15H19N3O3S/c1-8-4-10-6-12(14(20)17-15(16)22)18(7-13(19)21-3)11(10)5-9(8)2/h4,6,11H,5,7H2,1-3H3,(H3,16,17,20,22). The van der Waals surface area contributed by atoms with Crippen LogP contribution in [0.15, 0.2) is 34.6 Å². The Morgan fingerprint density at radius 1 is 1.45 bits per heavy atom. The van der Waals surface area contributed by atoms with E-state index < -0.39 is 11.9 Å². The van der Waals surface area contributed by atoms with Gasteiger partial charge in [0.1, 0.15) is 12.2 Å². The SMILES string of the molecule is COC(=O)CN1C(C(=O)NC(N)=S)=CC2=CC(C)=C(C)CC21. The van der Waals surface area contributed by atoms with Crippen LogP contribution in [0, 0.1) is 0 Å². The van der Waals surface area contributed by atoms with Crippen LogP contribution < -0.4 is 11.1 Å². The van der Waals surface area contributed by atoms with Gasteiger partial charge < -0.3 is 15.4 Å². The van der Waals surface area contributed by atoms with Crippen LogP contribution in [0.2, 0.25) is 0 Å². The van der Waals surface area contributed by atoms with Crippen molar-refractivity contribution < 1.29 is 14.3 Å². The van der Waals surface area contributed by atoms with E-state index in [-0.39, 0.29) is 17.7 Å². The normalized spacial score (nSPS) is 20.1. The van der Waals surface area contributed by atoms with Gasteiger partial charge in [0.05, 0.1) is 13.2 Å². The van der Waals surface area contributed by atoms with E-state index in [1.807, 2.05) is 19.9 Å². The quantitative estimate of drug-likeness (QED) is 0.589. The Hall–Kier alpha value is -2.15. The molecule has 2 aliphatic rings. The van der Waals surface area contributed by atoms with Crippen molar-refractivity contribution in [3.8, 4) is 0 Å². The number of esters is 1. The number of carbonyl (C=O) groups is 2. The van der Waals surface area contributed by atoms with Crippen molar-refractivity contribution in [1.29, 1.82) is 0 Å². The molecule has 1 heterocycles. The van der Waals surface area contributed by atoms with Gasteiger partial charge in [-0.3, -0.25) is 14.9 Å². The van der Waals surface area contributed by atoms with Crippen molar-refractivity contribution in [2.45, 2.75) is 26.3 Å². The molecule has 1 amide bonds. The lowest BCUT2D eigenvalue weighted by Crippen LogP contribution is -2.44. The first kappa shape index (κ1) is 16.2. The number of hydrogen-bond acceptors (Lipinski definition) is 5. The van der Waals surface area contributed by atoms with Crippen LogP contribution in [0.4, 0.5) is 0 Å². The highest BCUT2D eigenvalue weighted by atomic mass is 32.1. The molecule has 0 saturated heterocycles. The molecule has 0 aromatic rings. The number of nitrogens with zero attached hydrogens (tertiary/aromatic N) is 1. The second-order valence-electron chi connectivity index (χ2n) is 5.38.